The highest BCUT2D eigenvalue weighted by Crippen LogP contribution is 2.51. The van der Waals surface area contributed by atoms with Crippen molar-refractivity contribution in [3.8, 4) is 11.5 Å². The number of phenols is 2. The molecule has 0 saturated heterocycles. The molecule has 0 aliphatic heterocycles. The van der Waals surface area contributed by atoms with E-state index in [0.29, 0.717) is 12.2 Å². The van der Waals surface area contributed by atoms with Crippen molar-refractivity contribution in [1.82, 2.24) is 0 Å². The Morgan fingerprint density at radius 1 is 1.17 bits per heavy atom. The van der Waals surface area contributed by atoms with Gasteiger partial charge >= 0.3 is 0 Å². The first kappa shape index (κ1) is 20.3. The van der Waals surface area contributed by atoms with Crippen molar-refractivity contribution in [3.63, 3.8) is 0 Å². The average molecular weight is 414 g/mol. The van der Waals surface area contributed by atoms with Gasteiger partial charge in [0.1, 0.15) is 23.9 Å². The van der Waals surface area contributed by atoms with Crippen molar-refractivity contribution in [2.24, 2.45) is 11.8 Å². The molecule has 4 N–H and O–H groups in total. The Hall–Kier alpha value is -2.97. The minimum atomic E-state index is -1.34. The molecular weight excluding hydrogens is 392 g/mol. The van der Waals surface area contributed by atoms with Gasteiger partial charge in [0.2, 0.25) is 5.78 Å². The molecule has 2 unspecified atom stereocenters. The lowest BCUT2D eigenvalue weighted by atomic mass is 9.71. The van der Waals surface area contributed by atoms with Gasteiger partial charge in [0.05, 0.1) is 29.9 Å². The van der Waals surface area contributed by atoms with Gasteiger partial charge in [-0.05, 0) is 19.3 Å². The molecule has 0 heterocycles. The number of hydrogen-bond donors (Lipinski definition) is 4. The quantitative estimate of drug-likeness (QED) is 0.545. The second-order valence-corrected chi connectivity index (χ2v) is 7.97. The van der Waals surface area contributed by atoms with E-state index >= 15 is 0 Å². The van der Waals surface area contributed by atoms with Crippen LogP contribution in [0.1, 0.15) is 57.7 Å². The van der Waals surface area contributed by atoms with Crippen molar-refractivity contribution in [1.29, 1.82) is 0 Å². The molecule has 3 aliphatic carbocycles. The van der Waals surface area contributed by atoms with Crippen molar-refractivity contribution >= 4 is 17.3 Å². The molecule has 0 saturated carbocycles. The summed E-state index contributed by atoms with van der Waals surface area (Å²) in [5.41, 5.74) is -0.551. The number of methoxy groups -OCH3 is 1. The van der Waals surface area contributed by atoms with Crippen LogP contribution in [0.25, 0.3) is 0 Å². The summed E-state index contributed by atoms with van der Waals surface area (Å²) in [5.74, 6) is -3.48. The van der Waals surface area contributed by atoms with E-state index in [2.05, 4.69) is 0 Å². The van der Waals surface area contributed by atoms with Crippen LogP contribution in [-0.2, 0) is 16.0 Å². The lowest BCUT2D eigenvalue weighted by Gasteiger charge is -2.33. The van der Waals surface area contributed by atoms with Crippen molar-refractivity contribution in [2.45, 2.75) is 32.3 Å². The summed E-state index contributed by atoms with van der Waals surface area (Å²) in [4.78, 5) is 38.5. The van der Waals surface area contributed by atoms with Crippen LogP contribution in [-0.4, -0.2) is 51.5 Å². The number of carbonyl (C=O) groups is 3. The van der Waals surface area contributed by atoms with Crippen LogP contribution in [0.2, 0.25) is 0 Å². The molecule has 3 aliphatic rings. The predicted octanol–water partition coefficient (Wildman–Crippen LogP) is 1.50. The lowest BCUT2D eigenvalue weighted by molar-refractivity contribution is -0.127. The van der Waals surface area contributed by atoms with Crippen LogP contribution >= 0.6 is 0 Å². The van der Waals surface area contributed by atoms with Crippen LogP contribution in [0.3, 0.4) is 0 Å². The van der Waals surface area contributed by atoms with E-state index in [9.17, 15) is 29.7 Å². The third-order valence-corrected chi connectivity index (χ3v) is 6.28. The Balaban J connectivity index is 1.98. The maximum atomic E-state index is 13.3. The number of carbonyl (C=O) groups excluding carboxylic acids is 3. The molecule has 0 bridgehead atoms. The molecule has 8 heteroatoms. The molecule has 158 valence electrons. The lowest BCUT2D eigenvalue weighted by Crippen LogP contribution is -2.31. The van der Waals surface area contributed by atoms with Crippen molar-refractivity contribution in [2.75, 3.05) is 13.7 Å². The fraction of sp³-hybridized carbons (Fsp3) is 0.409. The zero-order chi connectivity index (χ0) is 21.9. The van der Waals surface area contributed by atoms with E-state index in [0.717, 1.165) is 0 Å². The fourth-order valence-electron chi connectivity index (χ4n) is 4.78. The standard InChI is InChI=1S/C22H22O8/c1-8-3-4-10-15(22(8)30-2)21(29)17-16(18(10)26)19(27)11-5-9(13(25)7-23)6-12(24)14(11)20(17)28/h4,8-9,12,23-24,27-28H,3,5-7H2,1-2H3/t8?,9?,12-/m0/s1. The first-order valence-corrected chi connectivity index (χ1v) is 9.73. The average Bonchev–Trinajstić information content (AvgIpc) is 2.72. The molecular formula is C22H22O8. The van der Waals surface area contributed by atoms with Crippen LogP contribution in [0.15, 0.2) is 23.0 Å². The number of ketones is 3. The number of hydrogen-bond acceptors (Lipinski definition) is 8. The Morgan fingerprint density at radius 2 is 1.83 bits per heavy atom. The highest BCUT2D eigenvalue weighted by molar-refractivity contribution is 6.33. The number of aliphatic hydroxyl groups is 2. The summed E-state index contributed by atoms with van der Waals surface area (Å²) in [7, 11) is 1.40. The first-order chi connectivity index (χ1) is 14.2. The summed E-state index contributed by atoms with van der Waals surface area (Å²) in [6, 6.07) is 0. The summed E-state index contributed by atoms with van der Waals surface area (Å²) < 4.78 is 5.37. The third-order valence-electron chi connectivity index (χ3n) is 6.28. The molecule has 0 radical (unpaired) electrons. The van der Waals surface area contributed by atoms with E-state index < -0.39 is 47.5 Å². The number of aromatic hydroxyl groups is 2. The fourth-order valence-corrected chi connectivity index (χ4v) is 4.78. The number of allylic oxidation sites excluding steroid dienone is 4. The molecule has 4 rings (SSSR count). The van der Waals surface area contributed by atoms with Crippen LogP contribution < -0.4 is 0 Å². The van der Waals surface area contributed by atoms with E-state index in [1.807, 2.05) is 6.92 Å². The van der Waals surface area contributed by atoms with Crippen LogP contribution in [0.5, 0.6) is 11.5 Å². The van der Waals surface area contributed by atoms with Gasteiger partial charge in [0.25, 0.3) is 0 Å². The number of rotatable bonds is 3. The smallest absolute Gasteiger partial charge is 0.201 e. The van der Waals surface area contributed by atoms with E-state index in [1.165, 1.54) is 7.11 Å². The number of ether oxygens (including phenoxy) is 1. The molecule has 0 fully saturated rings. The molecule has 0 spiro atoms. The topological polar surface area (TPSA) is 141 Å². The van der Waals surface area contributed by atoms with Gasteiger partial charge in [-0.25, -0.2) is 0 Å². The largest absolute Gasteiger partial charge is 0.507 e. The molecule has 1 aromatic rings. The van der Waals surface area contributed by atoms with Gasteiger partial charge in [-0.15, -0.1) is 0 Å². The Kier molecular flexibility index (Phi) is 4.79. The van der Waals surface area contributed by atoms with Crippen molar-refractivity contribution < 1.29 is 39.5 Å². The zero-order valence-electron chi connectivity index (χ0n) is 16.6. The number of aliphatic hydroxyl groups excluding tert-OH is 2. The molecule has 0 aromatic heterocycles. The molecule has 3 atom stereocenters. The monoisotopic (exact) mass is 414 g/mol. The van der Waals surface area contributed by atoms with Gasteiger partial charge in [-0.2, -0.15) is 0 Å². The second-order valence-electron chi connectivity index (χ2n) is 7.97. The normalized spacial score (nSPS) is 25.3. The maximum Gasteiger partial charge on any atom is 0.201 e. The highest BCUT2D eigenvalue weighted by atomic mass is 16.5. The van der Waals surface area contributed by atoms with Gasteiger partial charge < -0.3 is 25.2 Å². The van der Waals surface area contributed by atoms with Gasteiger partial charge in [0, 0.05) is 28.5 Å². The zero-order valence-corrected chi connectivity index (χ0v) is 16.6. The maximum absolute atomic E-state index is 13.3. The minimum absolute atomic E-state index is 0.0436. The van der Waals surface area contributed by atoms with E-state index in [4.69, 9.17) is 9.84 Å². The molecule has 1 aromatic carbocycles. The van der Waals surface area contributed by atoms with Gasteiger partial charge in [-0.3, -0.25) is 14.4 Å². The van der Waals surface area contributed by atoms with Gasteiger partial charge in [-0.1, -0.05) is 13.0 Å². The minimum Gasteiger partial charge on any atom is -0.507 e. The summed E-state index contributed by atoms with van der Waals surface area (Å²) in [6.45, 7) is 1.12. The van der Waals surface area contributed by atoms with Crippen molar-refractivity contribution in [3.05, 3.63) is 45.2 Å². The van der Waals surface area contributed by atoms with E-state index in [1.54, 1.807) is 6.08 Å². The third kappa shape index (κ3) is 2.64. The Labute approximate surface area is 172 Å². The van der Waals surface area contributed by atoms with Gasteiger partial charge in [0.15, 0.2) is 11.6 Å². The Morgan fingerprint density at radius 3 is 2.47 bits per heavy atom. The SMILES string of the molecule is COC1=C2C(=O)c3c(O)c4c(c(O)c3C(=O)C2=CCC1C)CC(C(=O)CO)C[C@@H]4O. The van der Waals surface area contributed by atoms with Crippen LogP contribution in [0.4, 0.5) is 0 Å². The summed E-state index contributed by atoms with van der Waals surface area (Å²) >= 11 is 0. The number of phenolic OH excluding ortho intramolecular Hbond substituents is 2. The summed E-state index contributed by atoms with van der Waals surface area (Å²) in [6.07, 6.45) is 0.608. The van der Waals surface area contributed by atoms with Crippen LogP contribution in [0, 0.1) is 11.8 Å². The number of benzene rings is 1. The second kappa shape index (κ2) is 7.07. The first-order valence-electron chi connectivity index (χ1n) is 9.73. The molecule has 0 amide bonds. The predicted molar refractivity (Wildman–Crippen MR) is 103 cm³/mol. The highest BCUT2D eigenvalue weighted by Gasteiger charge is 2.45. The Bertz CT molecular complexity index is 1060. The molecule has 8 nitrogen and oxygen atoms in total. The number of Topliss-reactive ketones (excluding diaryl/α,β-unsaturated/α-hetero) is 3. The molecule has 30 heavy (non-hydrogen) atoms. The number of fused-ring (bicyclic) bond motifs is 3. The van der Waals surface area contributed by atoms with E-state index in [-0.39, 0.29) is 52.2 Å². The summed E-state index contributed by atoms with van der Waals surface area (Å²) in [5, 5.41) is 41.5.